The van der Waals surface area contributed by atoms with Crippen molar-refractivity contribution < 1.29 is 0 Å². The molecule has 0 amide bonds. The Kier molecular flexibility index (Phi) is 1.98. The minimum absolute atomic E-state index is 0.0875. The topological polar surface area (TPSA) is 36.8 Å². The van der Waals surface area contributed by atoms with Crippen molar-refractivity contribution >= 4 is 11.5 Å². The summed E-state index contributed by atoms with van der Waals surface area (Å²) in [5, 5.41) is 4.11. The highest BCUT2D eigenvalue weighted by atomic mass is 15.3. The smallest absolute Gasteiger partial charge is 0.122 e. The van der Waals surface area contributed by atoms with Crippen LogP contribution < -0.4 is 5.43 Å². The lowest BCUT2D eigenvalue weighted by molar-refractivity contribution is 0.562. The van der Waals surface area contributed by atoms with E-state index in [0.717, 1.165) is 18.1 Å². The van der Waals surface area contributed by atoms with Gasteiger partial charge in [-0.25, -0.2) is 0 Å². The van der Waals surface area contributed by atoms with E-state index >= 15 is 0 Å². The van der Waals surface area contributed by atoms with Crippen molar-refractivity contribution in [3.63, 3.8) is 0 Å². The molecule has 3 nitrogen and oxygen atoms in total. The average Bonchev–Trinajstić information content (AvgIpc) is 1.86. The first kappa shape index (κ1) is 8.24. The Bertz CT molecular complexity index is 208. The zero-order valence-electron chi connectivity index (χ0n) is 7.60. The van der Waals surface area contributed by atoms with Gasteiger partial charge in [0.1, 0.15) is 5.84 Å². The molecule has 0 bridgehead atoms. The largest absolute Gasteiger partial charge is 0.265 e. The van der Waals surface area contributed by atoms with E-state index in [2.05, 4.69) is 36.3 Å². The Labute approximate surface area is 67.6 Å². The van der Waals surface area contributed by atoms with Crippen molar-refractivity contribution in [2.45, 2.75) is 27.7 Å². The second-order valence-electron chi connectivity index (χ2n) is 3.87. The van der Waals surface area contributed by atoms with Crippen LogP contribution >= 0.6 is 0 Å². The van der Waals surface area contributed by atoms with Crippen molar-refractivity contribution in [3.8, 4) is 0 Å². The molecular weight excluding hydrogens is 138 g/mol. The van der Waals surface area contributed by atoms with Crippen LogP contribution in [-0.4, -0.2) is 18.1 Å². The quantitative estimate of drug-likeness (QED) is 0.561. The molecule has 1 heterocycles. The molecule has 0 aliphatic carbocycles. The fraction of sp³-hybridized carbons (Fsp3) is 0.750. The molecular formula is C8H15N3. The van der Waals surface area contributed by atoms with Crippen molar-refractivity contribution in [2.24, 2.45) is 15.5 Å². The highest BCUT2D eigenvalue weighted by Gasteiger charge is 2.20. The maximum atomic E-state index is 4.36. The Balaban J connectivity index is 2.66. The second-order valence-corrected chi connectivity index (χ2v) is 3.87. The standard InChI is InChI=1S/C8H15N3/c1-6-5-9-7(11-10-6)8(2,3)4/h5H2,1-4H3,(H,9,11). The third-order valence-corrected chi connectivity index (χ3v) is 1.53. The van der Waals surface area contributed by atoms with Gasteiger partial charge in [-0.05, 0) is 6.92 Å². The molecule has 0 radical (unpaired) electrons. The Morgan fingerprint density at radius 3 is 2.36 bits per heavy atom. The minimum Gasteiger partial charge on any atom is -0.265 e. The lowest BCUT2D eigenvalue weighted by Crippen LogP contribution is -2.35. The predicted octanol–water partition coefficient (Wildman–Crippen LogP) is 1.41. The third kappa shape index (κ3) is 2.03. The molecule has 1 aliphatic heterocycles. The van der Waals surface area contributed by atoms with E-state index in [9.17, 15) is 0 Å². The van der Waals surface area contributed by atoms with Gasteiger partial charge in [0.05, 0.1) is 12.3 Å². The Morgan fingerprint density at radius 1 is 1.36 bits per heavy atom. The fourth-order valence-corrected chi connectivity index (χ4v) is 0.817. The van der Waals surface area contributed by atoms with E-state index in [1.54, 1.807) is 0 Å². The first-order valence-corrected chi connectivity index (χ1v) is 3.84. The van der Waals surface area contributed by atoms with Gasteiger partial charge in [-0.1, -0.05) is 20.8 Å². The molecule has 0 saturated carbocycles. The summed E-state index contributed by atoms with van der Waals surface area (Å²) in [6.45, 7) is 9.06. The van der Waals surface area contributed by atoms with Gasteiger partial charge in [0.25, 0.3) is 0 Å². The molecule has 0 spiro atoms. The molecule has 0 aromatic carbocycles. The van der Waals surface area contributed by atoms with Crippen LogP contribution in [0.5, 0.6) is 0 Å². The monoisotopic (exact) mass is 153 g/mol. The van der Waals surface area contributed by atoms with Crippen LogP contribution in [0.1, 0.15) is 27.7 Å². The van der Waals surface area contributed by atoms with Gasteiger partial charge >= 0.3 is 0 Å². The van der Waals surface area contributed by atoms with E-state index in [4.69, 9.17) is 0 Å². The highest BCUT2D eigenvalue weighted by Crippen LogP contribution is 2.15. The summed E-state index contributed by atoms with van der Waals surface area (Å²) in [5.41, 5.74) is 4.07. The Morgan fingerprint density at radius 2 is 2.00 bits per heavy atom. The highest BCUT2D eigenvalue weighted by molar-refractivity contribution is 5.95. The second kappa shape index (κ2) is 2.64. The van der Waals surface area contributed by atoms with Gasteiger partial charge in [0, 0.05) is 5.41 Å². The summed E-state index contributed by atoms with van der Waals surface area (Å²) in [5.74, 6) is 0.975. The summed E-state index contributed by atoms with van der Waals surface area (Å²) in [4.78, 5) is 4.36. The number of hydrogen-bond donors (Lipinski definition) is 1. The van der Waals surface area contributed by atoms with Crippen LogP contribution in [-0.2, 0) is 0 Å². The SMILES string of the molecule is CC1=NNC(C(C)(C)C)=NC1. The molecule has 0 aromatic rings. The van der Waals surface area contributed by atoms with E-state index in [-0.39, 0.29) is 5.41 Å². The molecule has 1 N–H and O–H groups in total. The summed E-state index contributed by atoms with van der Waals surface area (Å²) in [7, 11) is 0. The number of hydrogen-bond acceptors (Lipinski definition) is 3. The van der Waals surface area contributed by atoms with Crippen molar-refractivity contribution in [1.29, 1.82) is 0 Å². The molecule has 0 aromatic heterocycles. The maximum absolute atomic E-state index is 4.36. The molecule has 62 valence electrons. The van der Waals surface area contributed by atoms with E-state index < -0.39 is 0 Å². The number of rotatable bonds is 0. The minimum atomic E-state index is 0.0875. The van der Waals surface area contributed by atoms with Crippen molar-refractivity contribution in [2.75, 3.05) is 6.54 Å². The predicted molar refractivity (Wildman–Crippen MR) is 48.0 cm³/mol. The number of aliphatic imine (C=N–C) groups is 1. The van der Waals surface area contributed by atoms with E-state index in [0.29, 0.717) is 0 Å². The van der Waals surface area contributed by atoms with Crippen LogP contribution in [0.3, 0.4) is 0 Å². The molecule has 11 heavy (non-hydrogen) atoms. The van der Waals surface area contributed by atoms with E-state index in [1.807, 2.05) is 6.92 Å². The molecule has 0 fully saturated rings. The normalized spacial score (nSPS) is 18.5. The first-order valence-electron chi connectivity index (χ1n) is 3.84. The van der Waals surface area contributed by atoms with Gasteiger partial charge in [-0.15, -0.1) is 0 Å². The summed E-state index contributed by atoms with van der Waals surface area (Å²) in [6.07, 6.45) is 0. The van der Waals surface area contributed by atoms with Crippen LogP contribution in [0.4, 0.5) is 0 Å². The molecule has 0 atom stereocenters. The average molecular weight is 153 g/mol. The molecule has 0 saturated heterocycles. The van der Waals surface area contributed by atoms with Crippen LogP contribution in [0.15, 0.2) is 10.1 Å². The third-order valence-electron chi connectivity index (χ3n) is 1.53. The molecule has 1 aliphatic rings. The lowest BCUT2D eigenvalue weighted by atomic mass is 9.95. The van der Waals surface area contributed by atoms with Crippen LogP contribution in [0.2, 0.25) is 0 Å². The lowest BCUT2D eigenvalue weighted by Gasteiger charge is -2.23. The summed E-state index contributed by atoms with van der Waals surface area (Å²) in [6, 6.07) is 0. The van der Waals surface area contributed by atoms with Crippen LogP contribution in [0.25, 0.3) is 0 Å². The number of amidine groups is 1. The van der Waals surface area contributed by atoms with Gasteiger partial charge < -0.3 is 0 Å². The number of hydrazone groups is 1. The van der Waals surface area contributed by atoms with Crippen molar-refractivity contribution in [3.05, 3.63) is 0 Å². The van der Waals surface area contributed by atoms with Gasteiger partial charge in [-0.2, -0.15) is 5.10 Å². The number of nitrogens with zero attached hydrogens (tertiary/aromatic N) is 2. The van der Waals surface area contributed by atoms with E-state index in [1.165, 1.54) is 0 Å². The molecule has 3 heteroatoms. The zero-order valence-corrected chi connectivity index (χ0v) is 7.60. The molecule has 1 rings (SSSR count). The van der Waals surface area contributed by atoms with Crippen LogP contribution in [0, 0.1) is 5.41 Å². The first-order chi connectivity index (χ1) is 5.00. The van der Waals surface area contributed by atoms with Gasteiger partial charge in [0.15, 0.2) is 0 Å². The number of nitrogens with one attached hydrogen (secondary N) is 1. The maximum Gasteiger partial charge on any atom is 0.122 e. The summed E-state index contributed by atoms with van der Waals surface area (Å²) < 4.78 is 0. The molecule has 0 unspecified atom stereocenters. The van der Waals surface area contributed by atoms with Gasteiger partial charge in [-0.3, -0.25) is 10.4 Å². The summed E-state index contributed by atoms with van der Waals surface area (Å²) >= 11 is 0. The zero-order chi connectivity index (χ0) is 8.48. The Hall–Kier alpha value is -0.860. The van der Waals surface area contributed by atoms with Crippen molar-refractivity contribution in [1.82, 2.24) is 5.43 Å². The fourth-order valence-electron chi connectivity index (χ4n) is 0.817. The van der Waals surface area contributed by atoms with Gasteiger partial charge in [0.2, 0.25) is 0 Å².